The van der Waals surface area contributed by atoms with Gasteiger partial charge in [0.05, 0.1) is 33.0 Å². The number of nitrogens with zero attached hydrogens (tertiary/aromatic N) is 1. The molecule has 3 atom stereocenters. The summed E-state index contributed by atoms with van der Waals surface area (Å²) in [4.78, 5) is 13.9. The van der Waals surface area contributed by atoms with Crippen molar-refractivity contribution in [2.45, 2.75) is 24.7 Å². The number of carbonyl (C=O) groups excluding carboxylic acids is 1. The number of amides is 1. The van der Waals surface area contributed by atoms with Gasteiger partial charge in [0.2, 0.25) is 5.91 Å². The maximum absolute atomic E-state index is 11.7. The van der Waals surface area contributed by atoms with Gasteiger partial charge in [-0.2, -0.15) is 0 Å². The van der Waals surface area contributed by atoms with Gasteiger partial charge in [-0.1, -0.05) is 0 Å². The summed E-state index contributed by atoms with van der Waals surface area (Å²) >= 11 is 0. The number of aliphatic hydroxyl groups excluding tert-OH is 2. The van der Waals surface area contributed by atoms with Gasteiger partial charge in [-0.25, -0.2) is 0 Å². The molecule has 0 radical (unpaired) electrons. The van der Waals surface area contributed by atoms with E-state index in [0.29, 0.717) is 6.54 Å². The summed E-state index contributed by atoms with van der Waals surface area (Å²) in [6.07, 6.45) is -1.66. The summed E-state index contributed by atoms with van der Waals surface area (Å²) in [6, 6.07) is 0. The largest absolute Gasteiger partial charge is 0.394 e. The Morgan fingerprint density at radius 1 is 1.36 bits per heavy atom. The molecule has 2 unspecified atom stereocenters. The topological polar surface area (TPSA) is 100 Å². The van der Waals surface area contributed by atoms with E-state index in [0.717, 1.165) is 32.8 Å². The first-order valence-corrected chi connectivity index (χ1v) is 7.79. The van der Waals surface area contributed by atoms with Crippen molar-refractivity contribution in [3.8, 4) is 0 Å². The van der Waals surface area contributed by atoms with Crippen molar-refractivity contribution < 1.29 is 29.2 Å². The third-order valence-corrected chi connectivity index (χ3v) is 3.93. The minimum absolute atomic E-state index is 0.0691. The zero-order valence-corrected chi connectivity index (χ0v) is 12.8. The van der Waals surface area contributed by atoms with Crippen molar-refractivity contribution in [3.05, 3.63) is 0 Å². The molecule has 0 saturated carbocycles. The first kappa shape index (κ1) is 17.6. The zero-order chi connectivity index (χ0) is 15.8. The van der Waals surface area contributed by atoms with Gasteiger partial charge in [0.1, 0.15) is 18.3 Å². The van der Waals surface area contributed by atoms with Crippen LogP contribution in [-0.4, -0.2) is 98.5 Å². The van der Waals surface area contributed by atoms with Crippen molar-refractivity contribution in [2.75, 3.05) is 59.2 Å². The summed E-state index contributed by atoms with van der Waals surface area (Å²) in [5.41, 5.74) is 0. The molecule has 0 aromatic heterocycles. The Morgan fingerprint density at radius 2 is 2.14 bits per heavy atom. The summed E-state index contributed by atoms with van der Waals surface area (Å²) < 4.78 is 15.9. The first-order valence-electron chi connectivity index (χ1n) is 7.79. The van der Waals surface area contributed by atoms with Crippen LogP contribution >= 0.6 is 0 Å². The van der Waals surface area contributed by atoms with Crippen LogP contribution in [-0.2, 0) is 19.0 Å². The zero-order valence-electron chi connectivity index (χ0n) is 12.8. The predicted octanol–water partition coefficient (Wildman–Crippen LogP) is -2.04. The number of nitrogens with one attached hydrogen (secondary N) is 1. The Balaban J connectivity index is 1.50. The SMILES string of the molecule is O=C(CCOC1CO[C@H](CO)C1O)NCCN1CCOCC1. The average molecular weight is 318 g/mol. The lowest BCUT2D eigenvalue weighted by molar-refractivity contribution is -0.123. The van der Waals surface area contributed by atoms with Crippen LogP contribution in [0.5, 0.6) is 0 Å². The molecule has 0 aromatic rings. The molecule has 0 aliphatic carbocycles. The monoisotopic (exact) mass is 318 g/mol. The Kier molecular flexibility index (Phi) is 7.50. The number of ether oxygens (including phenoxy) is 3. The number of aliphatic hydroxyl groups is 2. The van der Waals surface area contributed by atoms with Crippen LogP contribution in [0.4, 0.5) is 0 Å². The van der Waals surface area contributed by atoms with Gasteiger partial charge in [-0.3, -0.25) is 9.69 Å². The van der Waals surface area contributed by atoms with Crippen LogP contribution in [0.15, 0.2) is 0 Å². The maximum Gasteiger partial charge on any atom is 0.222 e. The smallest absolute Gasteiger partial charge is 0.222 e. The van der Waals surface area contributed by atoms with Crippen molar-refractivity contribution in [1.82, 2.24) is 10.2 Å². The molecule has 8 nitrogen and oxygen atoms in total. The average Bonchev–Trinajstić information content (AvgIpc) is 2.89. The fraction of sp³-hybridized carbons (Fsp3) is 0.929. The standard InChI is InChI=1S/C14H26N2O6/c17-9-11-14(19)12(10-22-11)21-6-1-13(18)15-2-3-16-4-7-20-8-5-16/h11-12,14,17,19H,1-10H2,(H,15,18)/t11-,12?,14?/m1/s1. The predicted molar refractivity (Wildman–Crippen MR) is 77.5 cm³/mol. The summed E-state index contributed by atoms with van der Waals surface area (Å²) in [6.45, 7) is 4.99. The second-order valence-corrected chi connectivity index (χ2v) is 5.51. The van der Waals surface area contributed by atoms with E-state index >= 15 is 0 Å². The first-order chi connectivity index (χ1) is 10.7. The van der Waals surface area contributed by atoms with Crippen molar-refractivity contribution in [3.63, 3.8) is 0 Å². The number of carbonyl (C=O) groups is 1. The van der Waals surface area contributed by atoms with Crippen LogP contribution < -0.4 is 5.32 Å². The molecule has 0 spiro atoms. The molecule has 2 aliphatic heterocycles. The van der Waals surface area contributed by atoms with E-state index in [1.165, 1.54) is 0 Å². The van der Waals surface area contributed by atoms with E-state index in [2.05, 4.69) is 10.2 Å². The number of morpholine rings is 1. The molecule has 0 bridgehead atoms. The van der Waals surface area contributed by atoms with Gasteiger partial charge in [0, 0.05) is 32.6 Å². The quantitative estimate of drug-likeness (QED) is 0.474. The van der Waals surface area contributed by atoms with Gasteiger partial charge >= 0.3 is 0 Å². The fourth-order valence-corrected chi connectivity index (χ4v) is 2.53. The lowest BCUT2D eigenvalue weighted by Crippen LogP contribution is -2.41. The van der Waals surface area contributed by atoms with Crippen molar-refractivity contribution in [1.29, 1.82) is 0 Å². The number of rotatable bonds is 8. The van der Waals surface area contributed by atoms with Gasteiger partial charge in [-0.15, -0.1) is 0 Å². The highest BCUT2D eigenvalue weighted by molar-refractivity contribution is 5.75. The highest BCUT2D eigenvalue weighted by atomic mass is 16.6. The highest BCUT2D eigenvalue weighted by Gasteiger charge is 2.36. The van der Waals surface area contributed by atoms with Crippen LogP contribution in [0.3, 0.4) is 0 Å². The lowest BCUT2D eigenvalue weighted by Gasteiger charge is -2.26. The lowest BCUT2D eigenvalue weighted by atomic mass is 10.1. The molecular weight excluding hydrogens is 292 g/mol. The second-order valence-electron chi connectivity index (χ2n) is 5.51. The Hall–Kier alpha value is -0.770. The van der Waals surface area contributed by atoms with E-state index < -0.39 is 18.3 Å². The van der Waals surface area contributed by atoms with Crippen LogP contribution in [0, 0.1) is 0 Å². The van der Waals surface area contributed by atoms with E-state index in [1.807, 2.05) is 0 Å². The maximum atomic E-state index is 11.7. The second kappa shape index (κ2) is 9.39. The third kappa shape index (κ3) is 5.45. The molecule has 3 N–H and O–H groups in total. The third-order valence-electron chi connectivity index (χ3n) is 3.93. The molecule has 2 rings (SSSR count). The van der Waals surface area contributed by atoms with E-state index in [-0.39, 0.29) is 32.1 Å². The van der Waals surface area contributed by atoms with Gasteiger partial charge in [-0.05, 0) is 0 Å². The molecule has 2 saturated heterocycles. The Morgan fingerprint density at radius 3 is 2.82 bits per heavy atom. The molecule has 8 heteroatoms. The van der Waals surface area contributed by atoms with Crippen molar-refractivity contribution in [2.24, 2.45) is 0 Å². The van der Waals surface area contributed by atoms with Crippen molar-refractivity contribution >= 4 is 5.91 Å². The highest BCUT2D eigenvalue weighted by Crippen LogP contribution is 2.16. The molecule has 2 aliphatic rings. The summed E-state index contributed by atoms with van der Waals surface area (Å²) in [7, 11) is 0. The number of hydrogen-bond donors (Lipinski definition) is 3. The number of hydrogen-bond acceptors (Lipinski definition) is 7. The summed E-state index contributed by atoms with van der Waals surface area (Å²) in [5.74, 6) is -0.0691. The van der Waals surface area contributed by atoms with Crippen LogP contribution in [0.25, 0.3) is 0 Å². The van der Waals surface area contributed by atoms with E-state index in [9.17, 15) is 9.90 Å². The van der Waals surface area contributed by atoms with Crippen LogP contribution in [0.1, 0.15) is 6.42 Å². The minimum atomic E-state index is -0.839. The minimum Gasteiger partial charge on any atom is -0.394 e. The van der Waals surface area contributed by atoms with Gasteiger partial charge in [0.25, 0.3) is 0 Å². The molecule has 22 heavy (non-hydrogen) atoms. The molecule has 128 valence electrons. The summed E-state index contributed by atoms with van der Waals surface area (Å²) in [5, 5.41) is 21.6. The Labute approximate surface area is 130 Å². The van der Waals surface area contributed by atoms with Gasteiger partial charge < -0.3 is 29.7 Å². The molecule has 2 heterocycles. The molecule has 0 aromatic carbocycles. The molecule has 1 amide bonds. The molecule has 2 fully saturated rings. The Bertz CT molecular complexity index is 337. The van der Waals surface area contributed by atoms with E-state index in [1.54, 1.807) is 0 Å². The molecular formula is C14H26N2O6. The fourth-order valence-electron chi connectivity index (χ4n) is 2.53. The van der Waals surface area contributed by atoms with Crippen LogP contribution in [0.2, 0.25) is 0 Å². The van der Waals surface area contributed by atoms with Gasteiger partial charge in [0.15, 0.2) is 0 Å². The normalized spacial score (nSPS) is 29.6. The van der Waals surface area contributed by atoms with E-state index in [4.69, 9.17) is 19.3 Å².